The first-order chi connectivity index (χ1) is 12.7. The molecule has 148 valence electrons. The summed E-state index contributed by atoms with van der Waals surface area (Å²) in [5.74, 6) is 0. The van der Waals surface area contributed by atoms with Gasteiger partial charge in [-0.25, -0.2) is 0 Å². The van der Waals surface area contributed by atoms with Gasteiger partial charge >= 0.3 is 6.18 Å². The van der Waals surface area contributed by atoms with Gasteiger partial charge in [0.05, 0.1) is 0 Å². The van der Waals surface area contributed by atoms with Gasteiger partial charge in [0.2, 0.25) is 0 Å². The van der Waals surface area contributed by atoms with Crippen molar-refractivity contribution in [3.05, 3.63) is 58.7 Å². The number of aryl methyl sites for hydroxylation is 2. The minimum absolute atomic E-state index is 0.0402. The Morgan fingerprint density at radius 3 is 2.19 bits per heavy atom. The van der Waals surface area contributed by atoms with Gasteiger partial charge in [-0.3, -0.25) is 4.99 Å². The molecule has 0 amide bonds. The molecular weight excluding hydrogens is 347 g/mol. The van der Waals surface area contributed by atoms with E-state index in [1.807, 2.05) is 25.1 Å². The fourth-order valence-corrected chi connectivity index (χ4v) is 3.48. The second-order valence-corrected chi connectivity index (χ2v) is 7.66. The Labute approximate surface area is 161 Å². The highest BCUT2D eigenvalue weighted by Crippen LogP contribution is 2.43. The maximum atomic E-state index is 13.7. The van der Waals surface area contributed by atoms with Crippen LogP contribution in [0.4, 0.5) is 13.2 Å². The Morgan fingerprint density at radius 1 is 1.07 bits per heavy atom. The Kier molecular flexibility index (Phi) is 7.07. The van der Waals surface area contributed by atoms with Crippen molar-refractivity contribution in [1.82, 2.24) is 0 Å². The lowest BCUT2D eigenvalue weighted by Gasteiger charge is -2.33. The molecule has 0 spiro atoms. The summed E-state index contributed by atoms with van der Waals surface area (Å²) in [6.45, 7) is 5.78. The van der Waals surface area contributed by atoms with Crippen LogP contribution in [-0.2, 0) is 12.8 Å². The van der Waals surface area contributed by atoms with Gasteiger partial charge in [0.25, 0.3) is 0 Å². The zero-order chi connectivity index (χ0) is 20.1. The van der Waals surface area contributed by atoms with Crippen LogP contribution in [0.5, 0.6) is 0 Å². The van der Waals surface area contributed by atoms with Crippen molar-refractivity contribution >= 4 is 5.71 Å². The summed E-state index contributed by atoms with van der Waals surface area (Å²) >= 11 is 0. The molecule has 1 aliphatic rings. The topological polar surface area (TPSA) is 12.4 Å². The van der Waals surface area contributed by atoms with E-state index in [1.165, 1.54) is 5.56 Å². The van der Waals surface area contributed by atoms with Crippen molar-refractivity contribution < 1.29 is 13.2 Å². The Hall–Kier alpha value is -1.84. The zero-order valence-corrected chi connectivity index (χ0v) is 16.8. The zero-order valence-electron chi connectivity index (χ0n) is 16.8. The molecule has 0 fully saturated rings. The third kappa shape index (κ3) is 5.57. The van der Waals surface area contributed by atoms with E-state index >= 15 is 0 Å². The molecule has 0 heterocycles. The number of halogens is 3. The van der Waals surface area contributed by atoms with Crippen molar-refractivity contribution in [1.29, 1.82) is 0 Å². The lowest BCUT2D eigenvalue weighted by Crippen LogP contribution is -2.30. The maximum absolute atomic E-state index is 13.7. The average Bonchev–Trinajstić information content (AvgIpc) is 2.64. The quantitative estimate of drug-likeness (QED) is 0.459. The molecule has 27 heavy (non-hydrogen) atoms. The molecule has 0 bridgehead atoms. The van der Waals surface area contributed by atoms with Crippen molar-refractivity contribution in [2.24, 2.45) is 10.4 Å². The lowest BCUT2D eigenvalue weighted by molar-refractivity contribution is -0.0965. The second-order valence-electron chi connectivity index (χ2n) is 7.66. The van der Waals surface area contributed by atoms with Crippen LogP contribution >= 0.6 is 0 Å². The lowest BCUT2D eigenvalue weighted by atomic mass is 9.74. The predicted octanol–water partition coefficient (Wildman–Crippen LogP) is 6.88. The van der Waals surface area contributed by atoms with Gasteiger partial charge < -0.3 is 0 Å². The minimum Gasteiger partial charge on any atom is -0.297 e. The maximum Gasteiger partial charge on any atom is 0.412 e. The molecule has 1 unspecified atom stereocenters. The van der Waals surface area contributed by atoms with Gasteiger partial charge in [-0.05, 0) is 55.7 Å². The highest BCUT2D eigenvalue weighted by Gasteiger charge is 2.42. The van der Waals surface area contributed by atoms with Gasteiger partial charge in [-0.15, -0.1) is 0 Å². The summed E-state index contributed by atoms with van der Waals surface area (Å²) in [6.07, 6.45) is 3.59. The van der Waals surface area contributed by atoms with Crippen LogP contribution in [0.15, 0.2) is 52.6 Å². The highest BCUT2D eigenvalue weighted by atomic mass is 19.4. The molecule has 4 heteroatoms. The number of unbranched alkanes of at least 4 members (excludes halogenated alkanes) is 1. The SMILES string of the molecule is CCCCc1ccc(CCC2=C(C(F)(F)F)CC(C)(/C(C)=N/C)C=C2)cc1. The normalized spacial score (nSPS) is 21.1. The summed E-state index contributed by atoms with van der Waals surface area (Å²) in [4.78, 5) is 4.12. The molecular formula is C23H30F3N. The third-order valence-corrected chi connectivity index (χ3v) is 5.61. The molecule has 0 aromatic heterocycles. The van der Waals surface area contributed by atoms with Gasteiger partial charge in [-0.1, -0.05) is 56.7 Å². The number of hydrogen-bond donors (Lipinski definition) is 0. The molecule has 0 aliphatic heterocycles. The van der Waals surface area contributed by atoms with E-state index in [4.69, 9.17) is 0 Å². The first-order valence-electron chi connectivity index (χ1n) is 9.69. The van der Waals surface area contributed by atoms with Crippen LogP contribution < -0.4 is 0 Å². The number of alkyl halides is 3. The number of benzene rings is 1. The highest BCUT2D eigenvalue weighted by molar-refractivity contribution is 5.90. The van der Waals surface area contributed by atoms with Crippen LogP contribution in [0.1, 0.15) is 57.6 Å². The standard InChI is InChI=1S/C23H30F3N/c1-5-6-7-18-8-10-19(11-9-18)12-13-20-14-15-22(3,17(2)27-4)16-21(20)23(24,25)26/h8-11,14-15H,5-7,12-13,16H2,1-4H3/b27-17+. The number of nitrogens with zero attached hydrogens (tertiary/aromatic N) is 1. The Balaban J connectivity index is 2.14. The summed E-state index contributed by atoms with van der Waals surface area (Å²) < 4.78 is 41.0. The van der Waals surface area contributed by atoms with E-state index in [9.17, 15) is 13.2 Å². The number of allylic oxidation sites excluding steroid dienone is 4. The first kappa shape index (κ1) is 21.5. The molecule has 1 nitrogen and oxygen atoms in total. The second kappa shape index (κ2) is 8.90. The van der Waals surface area contributed by atoms with Crippen LogP contribution in [0.3, 0.4) is 0 Å². The molecule has 0 saturated carbocycles. The smallest absolute Gasteiger partial charge is 0.297 e. The number of hydrogen-bond acceptors (Lipinski definition) is 1. The Bertz CT molecular complexity index is 723. The van der Waals surface area contributed by atoms with E-state index in [1.54, 1.807) is 20.0 Å². The van der Waals surface area contributed by atoms with Crippen LogP contribution in [-0.4, -0.2) is 18.9 Å². The van der Waals surface area contributed by atoms with Crippen molar-refractivity contribution in [2.45, 2.75) is 65.5 Å². The summed E-state index contributed by atoms with van der Waals surface area (Å²) in [5.41, 5.74) is 2.43. The van der Waals surface area contributed by atoms with E-state index in [2.05, 4.69) is 24.0 Å². The Morgan fingerprint density at radius 2 is 1.67 bits per heavy atom. The molecule has 1 atom stereocenters. The third-order valence-electron chi connectivity index (χ3n) is 5.61. The van der Waals surface area contributed by atoms with Crippen LogP contribution in [0.2, 0.25) is 0 Å². The van der Waals surface area contributed by atoms with E-state index in [0.29, 0.717) is 18.4 Å². The van der Waals surface area contributed by atoms with Crippen molar-refractivity contribution in [3.63, 3.8) is 0 Å². The molecule has 1 aromatic carbocycles. The van der Waals surface area contributed by atoms with E-state index < -0.39 is 17.2 Å². The fraction of sp³-hybridized carbons (Fsp3) is 0.522. The van der Waals surface area contributed by atoms with Gasteiger partial charge in [0, 0.05) is 23.7 Å². The summed E-state index contributed by atoms with van der Waals surface area (Å²) in [5, 5.41) is 0. The number of aliphatic imine (C=N–C) groups is 1. The molecule has 0 saturated heterocycles. The van der Waals surface area contributed by atoms with Crippen molar-refractivity contribution in [3.8, 4) is 0 Å². The molecule has 0 N–H and O–H groups in total. The molecule has 0 radical (unpaired) electrons. The van der Waals surface area contributed by atoms with Gasteiger partial charge in [0.1, 0.15) is 0 Å². The largest absolute Gasteiger partial charge is 0.412 e. The molecule has 1 aliphatic carbocycles. The average molecular weight is 377 g/mol. The molecule has 1 aromatic rings. The van der Waals surface area contributed by atoms with E-state index in [-0.39, 0.29) is 6.42 Å². The van der Waals surface area contributed by atoms with Crippen LogP contribution in [0, 0.1) is 5.41 Å². The summed E-state index contributed by atoms with van der Waals surface area (Å²) in [6, 6.07) is 8.28. The van der Waals surface area contributed by atoms with Gasteiger partial charge in [-0.2, -0.15) is 13.2 Å². The predicted molar refractivity (Wildman–Crippen MR) is 107 cm³/mol. The monoisotopic (exact) mass is 377 g/mol. The fourth-order valence-electron chi connectivity index (χ4n) is 3.48. The summed E-state index contributed by atoms with van der Waals surface area (Å²) in [7, 11) is 1.63. The van der Waals surface area contributed by atoms with Crippen LogP contribution in [0.25, 0.3) is 0 Å². The van der Waals surface area contributed by atoms with Gasteiger partial charge in [0.15, 0.2) is 0 Å². The van der Waals surface area contributed by atoms with Crippen molar-refractivity contribution in [2.75, 3.05) is 7.05 Å². The minimum atomic E-state index is -4.31. The van der Waals surface area contributed by atoms with E-state index in [0.717, 1.165) is 30.5 Å². The number of rotatable bonds is 7. The molecule has 2 rings (SSSR count). The first-order valence-corrected chi connectivity index (χ1v) is 9.69.